The second kappa shape index (κ2) is 8.65. The van der Waals surface area contributed by atoms with Crippen LogP contribution >= 0.6 is 0 Å². The Kier molecular flexibility index (Phi) is 5.63. The highest BCUT2D eigenvalue weighted by molar-refractivity contribution is 7.92. The van der Waals surface area contributed by atoms with Gasteiger partial charge in [0.2, 0.25) is 10.0 Å². The lowest BCUT2D eigenvalue weighted by Crippen LogP contribution is -2.45. The normalized spacial score (nSPS) is 28.8. The molecule has 0 radical (unpaired) electrons. The summed E-state index contributed by atoms with van der Waals surface area (Å²) in [5, 5.41) is 10.5. The summed E-state index contributed by atoms with van der Waals surface area (Å²) in [4.78, 5) is 27.6. The van der Waals surface area contributed by atoms with Crippen LogP contribution in [0.15, 0.2) is 41.5 Å². The number of anilines is 1. The number of pyridine rings is 1. The van der Waals surface area contributed by atoms with E-state index in [0.717, 1.165) is 49.3 Å². The molecule has 2 heterocycles. The van der Waals surface area contributed by atoms with Crippen LogP contribution < -0.4 is 15.0 Å². The Morgan fingerprint density at radius 1 is 1.08 bits per heavy atom. The second-order valence-electron chi connectivity index (χ2n) is 11.2. The van der Waals surface area contributed by atoms with Crippen LogP contribution in [-0.2, 0) is 21.9 Å². The van der Waals surface area contributed by atoms with Crippen LogP contribution in [-0.4, -0.2) is 41.4 Å². The first-order chi connectivity index (χ1) is 17.6. The average Bonchev–Trinajstić information content (AvgIpc) is 3.18. The number of sulfonamides is 1. The maximum atomic E-state index is 12.7. The van der Waals surface area contributed by atoms with Gasteiger partial charge in [0, 0.05) is 41.6 Å². The Morgan fingerprint density at radius 3 is 2.49 bits per heavy atom. The SMILES string of the molecule is Cn1cc(-c2cc(NS(C)(=O)=O)ccc2OC2C3CC4CC2CC(C3)[C@H](C(=O)O)C4)c2cc[nH]c2c1=O. The molecule has 1 aromatic carbocycles. The summed E-state index contributed by atoms with van der Waals surface area (Å²) in [6, 6.07) is 7.08. The van der Waals surface area contributed by atoms with E-state index in [1.165, 1.54) is 4.57 Å². The predicted octanol–water partition coefficient (Wildman–Crippen LogP) is 3.81. The summed E-state index contributed by atoms with van der Waals surface area (Å²) in [5.74, 6) is 0.909. The lowest BCUT2D eigenvalue weighted by atomic mass is 9.65. The van der Waals surface area contributed by atoms with Crippen LogP contribution in [0.1, 0.15) is 32.1 Å². The van der Waals surface area contributed by atoms with E-state index >= 15 is 0 Å². The van der Waals surface area contributed by atoms with Gasteiger partial charge in [-0.25, -0.2) is 8.42 Å². The third-order valence-corrected chi connectivity index (χ3v) is 9.22. The van der Waals surface area contributed by atoms with E-state index in [-0.39, 0.29) is 23.5 Å². The Balaban J connectivity index is 1.41. The number of rotatable bonds is 6. The highest BCUT2D eigenvalue weighted by Crippen LogP contribution is 2.54. The van der Waals surface area contributed by atoms with Crippen molar-refractivity contribution in [2.24, 2.45) is 36.6 Å². The lowest BCUT2D eigenvalue weighted by molar-refractivity contribution is -0.144. The third kappa shape index (κ3) is 4.31. The molecule has 0 amide bonds. The summed E-state index contributed by atoms with van der Waals surface area (Å²) < 4.78 is 34.8. The molecule has 37 heavy (non-hydrogen) atoms. The van der Waals surface area contributed by atoms with Gasteiger partial charge in [-0.15, -0.1) is 0 Å². The van der Waals surface area contributed by atoms with Crippen LogP contribution in [0.2, 0.25) is 0 Å². The summed E-state index contributed by atoms with van der Waals surface area (Å²) in [6.45, 7) is 0. The van der Waals surface area contributed by atoms with Gasteiger partial charge in [-0.05, 0) is 80.0 Å². The molecule has 3 aromatic rings. The molecule has 3 N–H and O–H groups in total. The summed E-state index contributed by atoms with van der Waals surface area (Å²) in [7, 11) is -1.81. The number of carboxylic acid groups (broad SMARTS) is 1. The van der Waals surface area contributed by atoms with Crippen molar-refractivity contribution < 1.29 is 23.1 Å². The number of aliphatic carboxylic acids is 1. The molecule has 7 rings (SSSR count). The van der Waals surface area contributed by atoms with Gasteiger partial charge in [0.1, 0.15) is 17.4 Å². The Morgan fingerprint density at radius 2 is 1.81 bits per heavy atom. The predicted molar refractivity (Wildman–Crippen MR) is 140 cm³/mol. The second-order valence-corrected chi connectivity index (χ2v) is 12.9. The number of hydrogen-bond acceptors (Lipinski definition) is 5. The molecule has 4 fully saturated rings. The first kappa shape index (κ1) is 24.1. The minimum atomic E-state index is -3.49. The summed E-state index contributed by atoms with van der Waals surface area (Å²) >= 11 is 0. The number of carboxylic acids is 1. The standard InChI is InChI=1S/C27H31N3O6S/c1-30-13-22(19-5-6-28-24(19)26(30)31)21-12-18(29-37(2,34)35)3-4-23(21)36-25-16-7-14-8-17(25)11-15(10-16)20(9-14)27(32)33/h3-6,12-17,20,25,28-29H,7-11H2,1-2H3,(H,32,33)/t14?,15?,16?,17?,20-,25?/m1/s1. The fourth-order valence-electron chi connectivity index (χ4n) is 7.26. The molecule has 0 aliphatic heterocycles. The molecule has 3 atom stereocenters. The zero-order valence-corrected chi connectivity index (χ0v) is 21.6. The molecule has 2 unspecified atom stereocenters. The summed E-state index contributed by atoms with van der Waals surface area (Å²) in [6.07, 6.45) is 8.99. The van der Waals surface area contributed by atoms with E-state index in [1.54, 1.807) is 37.6 Å². The van der Waals surface area contributed by atoms with Crippen LogP contribution in [0.5, 0.6) is 5.75 Å². The van der Waals surface area contributed by atoms with Crippen molar-refractivity contribution in [3.8, 4) is 16.9 Å². The van der Waals surface area contributed by atoms with Crippen LogP contribution in [0.25, 0.3) is 22.0 Å². The molecule has 2 aromatic heterocycles. The monoisotopic (exact) mass is 525 g/mol. The third-order valence-electron chi connectivity index (χ3n) is 8.62. The Labute approximate surface area is 214 Å². The number of hydrogen-bond donors (Lipinski definition) is 3. The minimum absolute atomic E-state index is 0.0261. The Bertz CT molecular complexity index is 1540. The van der Waals surface area contributed by atoms with Crippen molar-refractivity contribution in [2.45, 2.75) is 38.2 Å². The van der Waals surface area contributed by atoms with Crippen molar-refractivity contribution >= 4 is 32.6 Å². The maximum absolute atomic E-state index is 12.7. The van der Waals surface area contributed by atoms with Gasteiger partial charge >= 0.3 is 5.97 Å². The number of nitrogens with one attached hydrogen (secondary N) is 2. The zero-order chi connectivity index (χ0) is 26.1. The molecule has 4 saturated carbocycles. The first-order valence-corrected chi connectivity index (χ1v) is 14.6. The van der Waals surface area contributed by atoms with E-state index in [1.807, 2.05) is 6.07 Å². The first-order valence-electron chi connectivity index (χ1n) is 12.8. The molecule has 0 saturated heterocycles. The van der Waals surface area contributed by atoms with Gasteiger partial charge in [-0.2, -0.15) is 0 Å². The number of benzene rings is 1. The van der Waals surface area contributed by atoms with E-state index < -0.39 is 16.0 Å². The number of aromatic amines is 1. The highest BCUT2D eigenvalue weighted by Gasteiger charge is 2.51. The van der Waals surface area contributed by atoms with Crippen molar-refractivity contribution in [1.82, 2.24) is 9.55 Å². The van der Waals surface area contributed by atoms with Gasteiger partial charge in [0.25, 0.3) is 5.56 Å². The molecule has 4 aliphatic rings. The highest BCUT2D eigenvalue weighted by atomic mass is 32.2. The maximum Gasteiger partial charge on any atom is 0.306 e. The number of aryl methyl sites for hydroxylation is 1. The number of ether oxygens (including phenoxy) is 1. The molecular weight excluding hydrogens is 494 g/mol. The van der Waals surface area contributed by atoms with Gasteiger partial charge < -0.3 is 19.4 Å². The molecule has 0 spiro atoms. The fraction of sp³-hybridized carbons (Fsp3) is 0.481. The number of nitrogens with zero attached hydrogens (tertiary/aromatic N) is 1. The number of aromatic nitrogens is 2. The Hall–Kier alpha value is -3.27. The van der Waals surface area contributed by atoms with E-state index in [0.29, 0.717) is 40.3 Å². The van der Waals surface area contributed by atoms with Crippen LogP contribution in [0.3, 0.4) is 0 Å². The van der Waals surface area contributed by atoms with E-state index in [2.05, 4.69) is 9.71 Å². The number of fused-ring (bicyclic) bond motifs is 2. The van der Waals surface area contributed by atoms with Crippen molar-refractivity contribution in [1.29, 1.82) is 0 Å². The number of H-pyrrole nitrogens is 1. The summed E-state index contributed by atoms with van der Waals surface area (Å²) in [5.41, 5.74) is 2.19. The fourth-order valence-corrected chi connectivity index (χ4v) is 7.81. The van der Waals surface area contributed by atoms with Gasteiger partial charge in [0.15, 0.2) is 0 Å². The quantitative estimate of drug-likeness (QED) is 0.449. The molecule has 196 valence electrons. The minimum Gasteiger partial charge on any atom is -0.489 e. The van der Waals surface area contributed by atoms with Gasteiger partial charge in [-0.3, -0.25) is 14.3 Å². The molecule has 10 heteroatoms. The van der Waals surface area contributed by atoms with Crippen molar-refractivity contribution in [3.63, 3.8) is 0 Å². The molecule has 9 nitrogen and oxygen atoms in total. The average molecular weight is 526 g/mol. The number of carbonyl (C=O) groups is 1. The van der Waals surface area contributed by atoms with Crippen LogP contribution in [0, 0.1) is 29.6 Å². The largest absolute Gasteiger partial charge is 0.489 e. The van der Waals surface area contributed by atoms with Crippen molar-refractivity contribution in [3.05, 3.63) is 47.0 Å². The van der Waals surface area contributed by atoms with E-state index in [9.17, 15) is 23.1 Å². The molecule has 4 aliphatic carbocycles. The van der Waals surface area contributed by atoms with Crippen LogP contribution in [0.4, 0.5) is 5.69 Å². The topological polar surface area (TPSA) is 130 Å². The smallest absolute Gasteiger partial charge is 0.306 e. The van der Waals surface area contributed by atoms with Crippen molar-refractivity contribution in [2.75, 3.05) is 11.0 Å². The van der Waals surface area contributed by atoms with Gasteiger partial charge in [-0.1, -0.05) is 0 Å². The van der Waals surface area contributed by atoms with Gasteiger partial charge in [0.05, 0.1) is 12.2 Å². The zero-order valence-electron chi connectivity index (χ0n) is 20.8. The molecule has 4 bridgehead atoms. The molecular formula is C27H31N3O6S. The lowest BCUT2D eigenvalue weighted by Gasteiger charge is -2.45. The van der Waals surface area contributed by atoms with E-state index in [4.69, 9.17) is 4.74 Å².